The molecule has 0 aliphatic carbocycles. The van der Waals surface area contributed by atoms with E-state index in [1.165, 1.54) is 4.88 Å². The van der Waals surface area contributed by atoms with E-state index in [1.54, 1.807) is 11.3 Å². The topological polar surface area (TPSA) is 40.5 Å². The molecular formula is C10H12ClNO2S. The van der Waals surface area contributed by atoms with Crippen molar-refractivity contribution in [3.63, 3.8) is 0 Å². The van der Waals surface area contributed by atoms with Gasteiger partial charge < -0.3 is 5.11 Å². The molecule has 1 N–H and O–H groups in total. The van der Waals surface area contributed by atoms with Crippen LogP contribution in [0.4, 0.5) is 0 Å². The van der Waals surface area contributed by atoms with Gasteiger partial charge in [0.2, 0.25) is 0 Å². The first-order chi connectivity index (χ1) is 7.15. The number of hydrogen-bond acceptors (Lipinski definition) is 3. The van der Waals surface area contributed by atoms with Crippen molar-refractivity contribution in [2.45, 2.75) is 13.0 Å². The van der Waals surface area contributed by atoms with E-state index in [0.717, 1.165) is 23.8 Å². The number of carbonyl (C=O) groups is 1. The van der Waals surface area contributed by atoms with Crippen LogP contribution in [0.25, 0.3) is 0 Å². The van der Waals surface area contributed by atoms with Crippen LogP contribution in [-0.2, 0) is 11.3 Å². The number of rotatable bonds is 3. The first-order valence-corrected chi connectivity index (χ1v) is 6.04. The highest BCUT2D eigenvalue weighted by molar-refractivity contribution is 7.16. The van der Waals surface area contributed by atoms with Gasteiger partial charge in [0.15, 0.2) is 0 Å². The fourth-order valence-corrected chi connectivity index (χ4v) is 2.96. The Morgan fingerprint density at radius 3 is 3.00 bits per heavy atom. The minimum Gasteiger partial charge on any atom is -0.481 e. The molecule has 15 heavy (non-hydrogen) atoms. The molecule has 0 aromatic carbocycles. The number of hydrogen-bond donors (Lipinski definition) is 1. The zero-order valence-corrected chi connectivity index (χ0v) is 9.72. The molecule has 1 saturated heterocycles. The number of aliphatic carboxylic acids is 1. The molecule has 2 rings (SSSR count). The summed E-state index contributed by atoms with van der Waals surface area (Å²) in [5.74, 6) is -0.873. The molecule has 1 fully saturated rings. The molecular weight excluding hydrogens is 234 g/mol. The van der Waals surface area contributed by atoms with Gasteiger partial charge in [-0.15, -0.1) is 11.3 Å². The highest BCUT2D eigenvalue weighted by Crippen LogP contribution is 2.25. The lowest BCUT2D eigenvalue weighted by Gasteiger charge is -2.13. The van der Waals surface area contributed by atoms with Crippen LogP contribution >= 0.6 is 22.9 Å². The summed E-state index contributed by atoms with van der Waals surface area (Å²) in [7, 11) is 0. The molecule has 0 amide bonds. The van der Waals surface area contributed by atoms with Gasteiger partial charge in [0.1, 0.15) is 0 Å². The molecule has 3 nitrogen and oxygen atoms in total. The Labute approximate surface area is 97.3 Å². The van der Waals surface area contributed by atoms with Gasteiger partial charge in [-0.1, -0.05) is 11.6 Å². The number of thiophene rings is 1. The molecule has 0 bridgehead atoms. The molecule has 82 valence electrons. The minimum atomic E-state index is -0.679. The molecule has 2 heterocycles. The molecule has 5 heteroatoms. The van der Waals surface area contributed by atoms with E-state index in [1.807, 2.05) is 12.1 Å². The smallest absolute Gasteiger partial charge is 0.307 e. The summed E-state index contributed by atoms with van der Waals surface area (Å²) in [6, 6.07) is 3.88. The van der Waals surface area contributed by atoms with E-state index in [0.29, 0.717) is 6.54 Å². The van der Waals surface area contributed by atoms with E-state index in [-0.39, 0.29) is 5.92 Å². The largest absolute Gasteiger partial charge is 0.481 e. The number of likely N-dealkylation sites (tertiary alicyclic amines) is 1. The van der Waals surface area contributed by atoms with Gasteiger partial charge in [-0.25, -0.2) is 0 Å². The van der Waals surface area contributed by atoms with Crippen LogP contribution in [0, 0.1) is 5.92 Å². The Morgan fingerprint density at radius 1 is 1.67 bits per heavy atom. The minimum absolute atomic E-state index is 0.194. The van der Waals surface area contributed by atoms with Crippen LogP contribution in [0.5, 0.6) is 0 Å². The lowest BCUT2D eigenvalue weighted by molar-refractivity contribution is -0.141. The summed E-state index contributed by atoms with van der Waals surface area (Å²) >= 11 is 7.39. The van der Waals surface area contributed by atoms with Crippen molar-refractivity contribution in [2.75, 3.05) is 13.1 Å². The second kappa shape index (κ2) is 4.51. The summed E-state index contributed by atoms with van der Waals surface area (Å²) < 4.78 is 0.791. The van der Waals surface area contributed by atoms with Crippen molar-refractivity contribution < 1.29 is 9.90 Å². The average molecular weight is 246 g/mol. The van der Waals surface area contributed by atoms with Crippen LogP contribution in [0.3, 0.4) is 0 Å². The molecule has 0 spiro atoms. The van der Waals surface area contributed by atoms with E-state index in [4.69, 9.17) is 16.7 Å². The fraction of sp³-hybridized carbons (Fsp3) is 0.500. The van der Waals surface area contributed by atoms with Gasteiger partial charge in [-0.05, 0) is 25.1 Å². The molecule has 1 aromatic heterocycles. The molecule has 0 radical (unpaired) electrons. The Balaban J connectivity index is 1.90. The average Bonchev–Trinajstić information content (AvgIpc) is 2.76. The van der Waals surface area contributed by atoms with Crippen LogP contribution in [0.15, 0.2) is 12.1 Å². The van der Waals surface area contributed by atoms with Gasteiger partial charge in [-0.2, -0.15) is 0 Å². The predicted molar refractivity (Wildman–Crippen MR) is 60.3 cm³/mol. The van der Waals surface area contributed by atoms with Crippen molar-refractivity contribution in [2.24, 2.45) is 5.92 Å². The van der Waals surface area contributed by atoms with Crippen LogP contribution < -0.4 is 0 Å². The number of halogens is 1. The highest BCUT2D eigenvalue weighted by atomic mass is 35.5. The first-order valence-electron chi connectivity index (χ1n) is 4.84. The quantitative estimate of drug-likeness (QED) is 0.889. The van der Waals surface area contributed by atoms with Crippen LogP contribution in [0.2, 0.25) is 4.34 Å². The number of carboxylic acids is 1. The predicted octanol–water partition coefficient (Wildman–Crippen LogP) is 2.31. The van der Waals surface area contributed by atoms with Crippen LogP contribution in [-0.4, -0.2) is 29.1 Å². The Bertz CT molecular complexity index is 366. The molecule has 0 saturated carbocycles. The molecule has 1 unspecified atom stereocenters. The summed E-state index contributed by atoms with van der Waals surface area (Å²) in [6.45, 7) is 2.35. The van der Waals surface area contributed by atoms with Gasteiger partial charge in [0.25, 0.3) is 0 Å². The third-order valence-corrected chi connectivity index (χ3v) is 3.85. The molecule has 1 atom stereocenters. The van der Waals surface area contributed by atoms with Gasteiger partial charge in [0, 0.05) is 18.0 Å². The van der Waals surface area contributed by atoms with Crippen molar-refractivity contribution in [3.8, 4) is 0 Å². The number of nitrogens with zero attached hydrogens (tertiary/aromatic N) is 1. The maximum absolute atomic E-state index is 10.8. The Morgan fingerprint density at radius 2 is 2.47 bits per heavy atom. The van der Waals surface area contributed by atoms with E-state index < -0.39 is 5.97 Å². The summed E-state index contributed by atoms with van der Waals surface area (Å²) in [6.07, 6.45) is 0.758. The van der Waals surface area contributed by atoms with Crippen molar-refractivity contribution >= 4 is 28.9 Å². The zero-order chi connectivity index (χ0) is 10.8. The second-order valence-electron chi connectivity index (χ2n) is 3.76. The van der Waals surface area contributed by atoms with Crippen molar-refractivity contribution in [1.82, 2.24) is 4.90 Å². The van der Waals surface area contributed by atoms with E-state index in [2.05, 4.69) is 4.90 Å². The van der Waals surface area contributed by atoms with Crippen LogP contribution in [0.1, 0.15) is 11.3 Å². The molecule has 1 aliphatic rings. The van der Waals surface area contributed by atoms with Gasteiger partial charge >= 0.3 is 5.97 Å². The number of carboxylic acid groups (broad SMARTS) is 1. The maximum atomic E-state index is 10.8. The highest BCUT2D eigenvalue weighted by Gasteiger charge is 2.27. The zero-order valence-electron chi connectivity index (χ0n) is 8.15. The summed E-state index contributed by atoms with van der Waals surface area (Å²) in [5, 5.41) is 8.86. The third-order valence-electron chi connectivity index (χ3n) is 2.63. The monoisotopic (exact) mass is 245 g/mol. The first kappa shape index (κ1) is 10.9. The Kier molecular flexibility index (Phi) is 3.29. The summed E-state index contributed by atoms with van der Waals surface area (Å²) in [5.41, 5.74) is 0. The lowest BCUT2D eigenvalue weighted by atomic mass is 10.1. The van der Waals surface area contributed by atoms with E-state index >= 15 is 0 Å². The van der Waals surface area contributed by atoms with Gasteiger partial charge in [-0.3, -0.25) is 9.69 Å². The Hall–Kier alpha value is -0.580. The summed E-state index contributed by atoms with van der Waals surface area (Å²) in [4.78, 5) is 14.1. The van der Waals surface area contributed by atoms with Crippen molar-refractivity contribution in [1.29, 1.82) is 0 Å². The standard InChI is InChI=1S/C10H12ClNO2S/c11-9-2-1-8(15-9)6-12-4-3-7(5-12)10(13)14/h1-2,7H,3-6H2,(H,13,14). The fourth-order valence-electron chi connectivity index (χ4n) is 1.83. The molecule has 1 aliphatic heterocycles. The normalized spacial score (nSPS) is 22.1. The maximum Gasteiger partial charge on any atom is 0.307 e. The van der Waals surface area contributed by atoms with E-state index in [9.17, 15) is 4.79 Å². The van der Waals surface area contributed by atoms with Gasteiger partial charge in [0.05, 0.1) is 10.3 Å². The third kappa shape index (κ3) is 2.71. The SMILES string of the molecule is O=C(O)C1CCN(Cc2ccc(Cl)s2)C1. The second-order valence-corrected chi connectivity index (χ2v) is 5.56. The van der Waals surface area contributed by atoms with Crippen molar-refractivity contribution in [3.05, 3.63) is 21.3 Å². The lowest BCUT2D eigenvalue weighted by Crippen LogP contribution is -2.22. The molecule has 1 aromatic rings.